The smallest absolute Gasteiger partial charge is 0.411 e. The molecule has 6 aromatic rings. The Labute approximate surface area is 566 Å². The van der Waals surface area contributed by atoms with Crippen molar-refractivity contribution in [2.24, 2.45) is 0 Å². The molecular weight excluding hydrogens is 1190 g/mol. The van der Waals surface area contributed by atoms with Gasteiger partial charge in [-0.1, -0.05) is 93.6 Å². The van der Waals surface area contributed by atoms with Crippen molar-refractivity contribution in [3.8, 4) is 0 Å². The monoisotopic (exact) mass is 1300 g/mol. The van der Waals surface area contributed by atoms with Gasteiger partial charge in [0.15, 0.2) is 0 Å². The third-order valence-corrected chi connectivity index (χ3v) is 18.5. The second-order valence-electron chi connectivity index (χ2n) is 23.7. The number of hydrogen-bond donors (Lipinski definition) is 2. The first-order chi connectivity index (χ1) is 46.0. The molecule has 3 atom stereocenters. The number of anilines is 2. The fourth-order valence-electron chi connectivity index (χ4n) is 12.9. The number of carbonyl (C=O) groups is 4. The summed E-state index contributed by atoms with van der Waals surface area (Å²) in [5.41, 5.74) is 16.4. The Morgan fingerprint density at radius 3 is 1.05 bits per heavy atom. The molecule has 0 unspecified atom stereocenters. The van der Waals surface area contributed by atoms with Gasteiger partial charge in [0.05, 0.1) is 30.2 Å². The Balaban J connectivity index is 0.000000223. The van der Waals surface area contributed by atoms with Crippen LogP contribution in [0.5, 0.6) is 0 Å². The molecule has 9 rings (SSSR count). The summed E-state index contributed by atoms with van der Waals surface area (Å²) in [4.78, 5) is 81.1. The lowest BCUT2D eigenvalue weighted by Gasteiger charge is -2.39. The average molecular weight is 1300 g/mol. The number of hydrogen-bond acceptors (Lipinski definition) is 14. The first-order valence-corrected chi connectivity index (χ1v) is 34.2. The zero-order valence-electron chi connectivity index (χ0n) is 58.3. The van der Waals surface area contributed by atoms with E-state index in [1.54, 1.807) is 17.0 Å². The number of likely N-dealkylation sites (N-methyl/N-ethyl adjacent to an activating group) is 3. The van der Waals surface area contributed by atoms with Crippen molar-refractivity contribution >= 4 is 40.9 Å². The van der Waals surface area contributed by atoms with Gasteiger partial charge < -0.3 is 39.9 Å². The first-order valence-electron chi connectivity index (χ1n) is 34.2. The third-order valence-electron chi connectivity index (χ3n) is 18.5. The van der Waals surface area contributed by atoms with Crippen molar-refractivity contribution in [3.63, 3.8) is 0 Å². The molecule has 512 valence electrons. The van der Waals surface area contributed by atoms with Crippen LogP contribution in [0, 0.1) is 10.1 Å². The Morgan fingerprint density at radius 1 is 0.453 bits per heavy atom. The largest absolute Gasteiger partial charge is 0.453 e. The Bertz CT molecular complexity index is 3320. The molecule has 95 heavy (non-hydrogen) atoms. The SMILES string of the molecule is C=C.CCN1CCN([C@@H](c2ccc(C(=O)N(CC)CC)cc2)c2cccc(N)c2)CC1.CCN1CCN([C@@H](c2ccc(C(=O)N(CC)CC)cc2)c2cccc(NC(=O)OC)c2)CC1.CCN1CCN([C@@H](c2ccc(C(=O)N(CC)CC)cc2)c2cccc([N+](=O)[O-])c2)CC1. The molecule has 0 saturated carbocycles. The summed E-state index contributed by atoms with van der Waals surface area (Å²) in [7, 11) is 1.36. The van der Waals surface area contributed by atoms with Gasteiger partial charge in [-0.3, -0.25) is 44.5 Å². The molecule has 3 saturated heterocycles. The highest BCUT2D eigenvalue weighted by atomic mass is 16.6. The number of amides is 4. The van der Waals surface area contributed by atoms with E-state index < -0.39 is 6.09 Å². The number of nitrogens with zero attached hydrogens (tertiary/aromatic N) is 10. The van der Waals surface area contributed by atoms with Crippen molar-refractivity contribution in [2.45, 2.75) is 80.4 Å². The average Bonchev–Trinajstić information content (AvgIpc) is 0.852. The van der Waals surface area contributed by atoms with Crippen LogP contribution in [0.1, 0.15) is 145 Å². The van der Waals surface area contributed by atoms with E-state index in [1.165, 1.54) is 24.3 Å². The van der Waals surface area contributed by atoms with E-state index in [9.17, 15) is 29.3 Å². The zero-order chi connectivity index (χ0) is 69.0. The van der Waals surface area contributed by atoms with Crippen LogP contribution >= 0.6 is 0 Å². The fourth-order valence-corrected chi connectivity index (χ4v) is 12.9. The molecule has 19 heteroatoms. The number of rotatable bonds is 23. The van der Waals surface area contributed by atoms with Crippen LogP contribution in [-0.4, -0.2) is 217 Å². The summed E-state index contributed by atoms with van der Waals surface area (Å²) < 4.78 is 4.75. The second kappa shape index (κ2) is 38.9. The minimum absolute atomic E-state index is 0.0278. The van der Waals surface area contributed by atoms with E-state index in [0.29, 0.717) is 43.0 Å². The Hall–Kier alpha value is -8.30. The van der Waals surface area contributed by atoms with Gasteiger partial charge in [-0.2, -0.15) is 0 Å². The summed E-state index contributed by atoms with van der Waals surface area (Å²) in [6.45, 7) is 43.8. The van der Waals surface area contributed by atoms with Crippen molar-refractivity contribution in [3.05, 3.63) is 219 Å². The number of non-ortho nitro benzene ring substituents is 1. The highest BCUT2D eigenvalue weighted by Crippen LogP contribution is 2.35. The van der Waals surface area contributed by atoms with E-state index in [2.05, 4.69) is 111 Å². The fraction of sp³-hybridized carbons (Fsp3) is 0.447. The molecule has 0 radical (unpaired) electrons. The lowest BCUT2D eigenvalue weighted by atomic mass is 9.95. The molecule has 0 spiro atoms. The van der Waals surface area contributed by atoms with E-state index >= 15 is 0 Å². The van der Waals surface area contributed by atoms with Gasteiger partial charge in [-0.05, 0) is 155 Å². The van der Waals surface area contributed by atoms with Crippen molar-refractivity contribution < 1.29 is 28.8 Å². The summed E-state index contributed by atoms with van der Waals surface area (Å²) in [6.07, 6.45) is -0.487. The number of nitro groups is 1. The van der Waals surface area contributed by atoms with Crippen LogP contribution in [0.2, 0.25) is 0 Å². The Morgan fingerprint density at radius 2 is 0.758 bits per heavy atom. The second-order valence-corrected chi connectivity index (χ2v) is 23.7. The van der Waals surface area contributed by atoms with Gasteiger partial charge in [-0.15, -0.1) is 13.2 Å². The first kappa shape index (κ1) is 75.7. The molecule has 0 bridgehead atoms. The number of benzene rings is 6. The predicted molar refractivity (Wildman–Crippen MR) is 385 cm³/mol. The van der Waals surface area contributed by atoms with Crippen molar-refractivity contribution in [1.29, 1.82) is 0 Å². The molecule has 3 fully saturated rings. The number of nitrogens with one attached hydrogen (secondary N) is 1. The molecular formula is C76H106N12O7. The lowest BCUT2D eigenvalue weighted by Crippen LogP contribution is -2.47. The van der Waals surface area contributed by atoms with Gasteiger partial charge in [-0.25, -0.2) is 4.79 Å². The summed E-state index contributed by atoms with van der Waals surface area (Å²) in [5, 5.41) is 14.1. The Kier molecular flexibility index (Phi) is 31.0. The van der Waals surface area contributed by atoms with Crippen LogP contribution in [0.4, 0.5) is 21.9 Å². The van der Waals surface area contributed by atoms with E-state index in [0.717, 1.165) is 145 Å². The van der Waals surface area contributed by atoms with Crippen molar-refractivity contribution in [2.75, 3.05) is 156 Å². The molecule has 0 aliphatic carbocycles. The third kappa shape index (κ3) is 20.8. The number of nitro benzene ring substituents is 1. The molecule has 3 N–H and O–H groups in total. The zero-order valence-corrected chi connectivity index (χ0v) is 58.3. The molecule has 19 nitrogen and oxygen atoms in total. The van der Waals surface area contributed by atoms with Crippen LogP contribution in [0.15, 0.2) is 159 Å². The van der Waals surface area contributed by atoms with E-state index in [4.69, 9.17) is 10.5 Å². The lowest BCUT2D eigenvalue weighted by molar-refractivity contribution is -0.384. The van der Waals surface area contributed by atoms with Crippen molar-refractivity contribution in [1.82, 2.24) is 44.1 Å². The molecule has 6 aromatic carbocycles. The van der Waals surface area contributed by atoms with Crippen LogP contribution in [0.3, 0.4) is 0 Å². The van der Waals surface area contributed by atoms with Crippen LogP contribution in [0.25, 0.3) is 0 Å². The quantitative estimate of drug-likeness (QED) is 0.0267. The number of nitrogens with two attached hydrogens (primary N) is 1. The maximum absolute atomic E-state index is 12.8. The maximum atomic E-state index is 12.8. The highest BCUT2D eigenvalue weighted by Gasteiger charge is 2.31. The van der Waals surface area contributed by atoms with Crippen LogP contribution in [-0.2, 0) is 4.74 Å². The summed E-state index contributed by atoms with van der Waals surface area (Å²) in [6, 6.07) is 47.0. The van der Waals surface area contributed by atoms with Gasteiger partial charge >= 0.3 is 6.09 Å². The van der Waals surface area contributed by atoms with Gasteiger partial charge in [0.2, 0.25) is 0 Å². The molecule has 4 amide bonds. The molecule has 0 aromatic heterocycles. The summed E-state index contributed by atoms with van der Waals surface area (Å²) >= 11 is 0. The summed E-state index contributed by atoms with van der Waals surface area (Å²) in [5.74, 6) is 0.183. The van der Waals surface area contributed by atoms with E-state index in [-0.39, 0.29) is 46.5 Å². The van der Waals surface area contributed by atoms with E-state index in [1.807, 2.05) is 136 Å². The maximum Gasteiger partial charge on any atom is 0.411 e. The number of ether oxygens (including phenoxy) is 1. The van der Waals surface area contributed by atoms with Gasteiger partial charge in [0, 0.05) is 158 Å². The van der Waals surface area contributed by atoms with Crippen LogP contribution < -0.4 is 11.1 Å². The van der Waals surface area contributed by atoms with Gasteiger partial charge in [0.25, 0.3) is 23.4 Å². The molecule has 3 heterocycles. The molecule has 3 aliphatic rings. The normalized spacial score (nSPS) is 15.8. The van der Waals surface area contributed by atoms with Gasteiger partial charge in [0.1, 0.15) is 0 Å². The number of nitrogen functional groups attached to an aromatic ring is 1. The minimum Gasteiger partial charge on any atom is -0.453 e. The predicted octanol–water partition coefficient (Wildman–Crippen LogP) is 12.2. The number of methoxy groups -OCH3 is 1. The topological polar surface area (TPSA) is 188 Å². The standard InChI is InChI=1S/C26H36N4O3.C24H32N4O3.C24H34N4O.C2H4/c1-5-28-15-17-30(18-16-28)24(22-9-8-10-23(19-22)27-26(32)33-4)20-11-13-21(14-12-20)25(31)29(6-2)7-3;1-4-25-14-16-27(17-15-25)23(21-8-7-9-22(18-21)28(30)31)19-10-12-20(13-11-19)24(29)26(5-2)6-3;1-4-26-14-16-28(17-15-26)23(21-8-7-9-22(25)18-21)19-10-12-20(13-11-19)24(29)27(5-2)6-3;1-2/h8-14,19,24H,5-7,15-18H2,1-4H3,(H,27,32);7-13,18,23H,4-6,14-17H2,1-3H3;7-13,18,23H,4-6,14-17,25H2,1-3H3;1-2H2/t24-;2*23-;/m000./s1. The number of piperazine rings is 3. The highest BCUT2D eigenvalue weighted by molar-refractivity contribution is 5.95. The molecule has 3 aliphatic heterocycles. The number of carbonyl (C=O) groups excluding carboxylic acids is 4. The minimum atomic E-state index is -0.487.